The molecule has 1 atom stereocenters. The Hall–Kier alpha value is -1.89. The first-order valence-corrected chi connectivity index (χ1v) is 9.97. The summed E-state index contributed by atoms with van der Waals surface area (Å²) in [6.45, 7) is 7.79. The number of rotatable bonds is 8. The van der Waals surface area contributed by atoms with Crippen molar-refractivity contribution in [3.05, 3.63) is 5.56 Å². The van der Waals surface area contributed by atoms with Crippen LogP contribution < -0.4 is 15.4 Å². The predicted molar refractivity (Wildman–Crippen MR) is 102 cm³/mol. The molecule has 1 aromatic rings. The van der Waals surface area contributed by atoms with Crippen molar-refractivity contribution in [2.75, 3.05) is 36.9 Å². The van der Waals surface area contributed by atoms with Gasteiger partial charge in [-0.2, -0.15) is 9.97 Å². The average Bonchev–Trinajstić information content (AvgIpc) is 2.96. The molecule has 144 valence electrons. The Kier molecular flexibility index (Phi) is 6.29. The molecule has 1 amide bonds. The van der Waals surface area contributed by atoms with E-state index in [1.807, 2.05) is 0 Å². The SMILES string of the molecule is CCCCOc1nc(N)c2c(n1)N(CCC1CCCCN1CC)C(=O)C2. The zero-order valence-electron chi connectivity index (χ0n) is 16.0. The number of nitrogens with zero attached hydrogens (tertiary/aromatic N) is 4. The van der Waals surface area contributed by atoms with Crippen LogP contribution in [0.15, 0.2) is 0 Å². The lowest BCUT2D eigenvalue weighted by molar-refractivity contribution is -0.117. The molecule has 2 aliphatic heterocycles. The fourth-order valence-corrected chi connectivity index (χ4v) is 3.91. The zero-order valence-corrected chi connectivity index (χ0v) is 16.0. The summed E-state index contributed by atoms with van der Waals surface area (Å²) in [5, 5.41) is 0. The van der Waals surface area contributed by atoms with E-state index in [1.54, 1.807) is 4.90 Å². The lowest BCUT2D eigenvalue weighted by Crippen LogP contribution is -2.42. The third-order valence-corrected chi connectivity index (χ3v) is 5.45. The second-order valence-electron chi connectivity index (χ2n) is 7.18. The van der Waals surface area contributed by atoms with Crippen LogP contribution in [0.25, 0.3) is 0 Å². The predicted octanol–water partition coefficient (Wildman–Crippen LogP) is 2.39. The van der Waals surface area contributed by atoms with Crippen LogP contribution >= 0.6 is 0 Å². The van der Waals surface area contributed by atoms with Crippen molar-refractivity contribution in [1.82, 2.24) is 14.9 Å². The molecule has 1 aromatic heterocycles. The third kappa shape index (κ3) is 4.09. The van der Waals surface area contributed by atoms with Gasteiger partial charge in [0.15, 0.2) is 0 Å². The molecule has 2 N–H and O–H groups in total. The van der Waals surface area contributed by atoms with Crippen molar-refractivity contribution in [2.45, 2.75) is 64.8 Å². The molecule has 26 heavy (non-hydrogen) atoms. The quantitative estimate of drug-likeness (QED) is 0.716. The summed E-state index contributed by atoms with van der Waals surface area (Å²) >= 11 is 0. The highest BCUT2D eigenvalue weighted by molar-refractivity contribution is 6.01. The highest BCUT2D eigenvalue weighted by Gasteiger charge is 2.33. The van der Waals surface area contributed by atoms with Gasteiger partial charge in [-0.25, -0.2) is 0 Å². The largest absolute Gasteiger partial charge is 0.463 e. The van der Waals surface area contributed by atoms with Crippen molar-refractivity contribution in [3.63, 3.8) is 0 Å². The van der Waals surface area contributed by atoms with E-state index < -0.39 is 0 Å². The van der Waals surface area contributed by atoms with Crippen LogP contribution in [-0.4, -0.2) is 53.1 Å². The number of unbranched alkanes of at least 4 members (excludes halogenated alkanes) is 1. The molecule has 7 nitrogen and oxygen atoms in total. The van der Waals surface area contributed by atoms with Crippen LogP contribution in [-0.2, 0) is 11.2 Å². The Balaban J connectivity index is 1.70. The molecular weight excluding hydrogens is 330 g/mol. The monoisotopic (exact) mass is 361 g/mol. The summed E-state index contributed by atoms with van der Waals surface area (Å²) < 4.78 is 5.62. The number of carbonyl (C=O) groups excluding carboxylic acids is 1. The Morgan fingerprint density at radius 3 is 2.88 bits per heavy atom. The van der Waals surface area contributed by atoms with Gasteiger partial charge in [-0.1, -0.05) is 26.7 Å². The number of hydrogen-bond acceptors (Lipinski definition) is 6. The number of carbonyl (C=O) groups is 1. The Bertz CT molecular complexity index is 637. The lowest BCUT2D eigenvalue weighted by atomic mass is 9.99. The maximum absolute atomic E-state index is 12.5. The van der Waals surface area contributed by atoms with E-state index in [-0.39, 0.29) is 11.9 Å². The molecule has 0 spiro atoms. The van der Waals surface area contributed by atoms with E-state index in [1.165, 1.54) is 19.3 Å². The van der Waals surface area contributed by atoms with E-state index in [4.69, 9.17) is 10.5 Å². The third-order valence-electron chi connectivity index (χ3n) is 5.45. The van der Waals surface area contributed by atoms with Crippen molar-refractivity contribution in [1.29, 1.82) is 0 Å². The van der Waals surface area contributed by atoms with Gasteiger partial charge in [0.1, 0.15) is 11.6 Å². The summed E-state index contributed by atoms with van der Waals surface area (Å²) in [4.78, 5) is 25.6. The van der Waals surface area contributed by atoms with Crippen LogP contribution in [0.4, 0.5) is 11.6 Å². The van der Waals surface area contributed by atoms with Gasteiger partial charge < -0.3 is 15.4 Å². The number of amides is 1. The average molecular weight is 361 g/mol. The molecule has 0 bridgehead atoms. The zero-order chi connectivity index (χ0) is 18.5. The van der Waals surface area contributed by atoms with E-state index >= 15 is 0 Å². The normalized spacial score (nSPS) is 20.5. The van der Waals surface area contributed by atoms with Gasteiger partial charge in [0.25, 0.3) is 0 Å². The number of fused-ring (bicyclic) bond motifs is 1. The summed E-state index contributed by atoms with van der Waals surface area (Å²) in [6.07, 6.45) is 7.00. The molecule has 1 unspecified atom stereocenters. The van der Waals surface area contributed by atoms with Crippen LogP contribution in [0.1, 0.15) is 57.9 Å². The van der Waals surface area contributed by atoms with Gasteiger partial charge in [-0.05, 0) is 38.8 Å². The minimum absolute atomic E-state index is 0.0607. The minimum atomic E-state index is 0.0607. The molecule has 0 aliphatic carbocycles. The first kappa shape index (κ1) is 18.9. The molecule has 1 saturated heterocycles. The van der Waals surface area contributed by atoms with Gasteiger partial charge in [0.05, 0.1) is 13.0 Å². The van der Waals surface area contributed by atoms with Gasteiger partial charge >= 0.3 is 6.01 Å². The van der Waals surface area contributed by atoms with Crippen LogP contribution in [0.2, 0.25) is 0 Å². The number of nitrogens with two attached hydrogens (primary N) is 1. The van der Waals surface area contributed by atoms with Gasteiger partial charge in [-0.3, -0.25) is 9.69 Å². The number of aromatic nitrogens is 2. The van der Waals surface area contributed by atoms with Crippen molar-refractivity contribution in [2.24, 2.45) is 0 Å². The van der Waals surface area contributed by atoms with Crippen LogP contribution in [0.5, 0.6) is 6.01 Å². The molecule has 7 heteroatoms. The Morgan fingerprint density at radius 2 is 2.12 bits per heavy atom. The van der Waals surface area contributed by atoms with Crippen molar-refractivity contribution in [3.8, 4) is 6.01 Å². The van der Waals surface area contributed by atoms with E-state index in [0.29, 0.717) is 37.3 Å². The topological polar surface area (TPSA) is 84.6 Å². The Morgan fingerprint density at radius 1 is 1.27 bits per heavy atom. The number of ether oxygens (including phenoxy) is 1. The number of nitrogen functional groups attached to an aromatic ring is 1. The fraction of sp³-hybridized carbons (Fsp3) is 0.737. The number of hydrogen-bond donors (Lipinski definition) is 1. The summed E-state index contributed by atoms with van der Waals surface area (Å²) in [6, 6.07) is 0.826. The highest BCUT2D eigenvalue weighted by Crippen LogP contribution is 2.33. The van der Waals surface area contributed by atoms with E-state index in [0.717, 1.165) is 37.9 Å². The lowest BCUT2D eigenvalue weighted by Gasteiger charge is -2.35. The second-order valence-corrected chi connectivity index (χ2v) is 7.18. The van der Waals surface area contributed by atoms with Gasteiger partial charge in [0.2, 0.25) is 5.91 Å². The molecule has 0 saturated carbocycles. The van der Waals surface area contributed by atoms with Crippen molar-refractivity contribution >= 4 is 17.5 Å². The van der Waals surface area contributed by atoms with Gasteiger partial charge in [0, 0.05) is 18.2 Å². The molecular formula is C19H31N5O2. The first-order valence-electron chi connectivity index (χ1n) is 9.97. The minimum Gasteiger partial charge on any atom is -0.463 e. The molecule has 3 rings (SSSR count). The molecule has 1 fully saturated rings. The molecule has 2 aliphatic rings. The van der Waals surface area contributed by atoms with Crippen molar-refractivity contribution < 1.29 is 9.53 Å². The number of likely N-dealkylation sites (tertiary alicyclic amines) is 1. The maximum Gasteiger partial charge on any atom is 0.320 e. The molecule has 0 aromatic carbocycles. The first-order chi connectivity index (χ1) is 12.6. The number of anilines is 2. The maximum atomic E-state index is 12.5. The summed E-state index contributed by atoms with van der Waals surface area (Å²) in [5.74, 6) is 1.07. The standard InChI is InChI=1S/C19H31N5O2/c1-3-5-12-26-19-21-17(20)15-13-16(25)24(18(15)22-19)11-9-14-8-6-7-10-23(14)4-2/h14H,3-13H2,1-2H3,(H2,20,21,22). The van der Waals surface area contributed by atoms with E-state index in [9.17, 15) is 4.79 Å². The fourth-order valence-electron chi connectivity index (χ4n) is 3.91. The number of piperidine rings is 1. The smallest absolute Gasteiger partial charge is 0.320 e. The van der Waals surface area contributed by atoms with Gasteiger partial charge in [-0.15, -0.1) is 0 Å². The Labute approximate surface area is 155 Å². The van der Waals surface area contributed by atoms with Crippen LogP contribution in [0.3, 0.4) is 0 Å². The summed E-state index contributed by atoms with van der Waals surface area (Å²) in [7, 11) is 0. The highest BCUT2D eigenvalue weighted by atomic mass is 16.5. The molecule has 0 radical (unpaired) electrons. The van der Waals surface area contributed by atoms with Crippen LogP contribution in [0, 0.1) is 0 Å². The second kappa shape index (κ2) is 8.66. The summed E-state index contributed by atoms with van der Waals surface area (Å²) in [5.41, 5.74) is 6.81. The van der Waals surface area contributed by atoms with E-state index in [2.05, 4.69) is 28.7 Å². The molecule has 3 heterocycles.